The molecule has 2 N–H and O–H groups in total. The summed E-state index contributed by atoms with van der Waals surface area (Å²) in [7, 11) is 5.36. The Morgan fingerprint density at radius 1 is 1.03 bits per heavy atom. The van der Waals surface area contributed by atoms with Crippen molar-refractivity contribution >= 4 is 29.9 Å². The lowest BCUT2D eigenvalue weighted by Gasteiger charge is -2.12. The summed E-state index contributed by atoms with van der Waals surface area (Å²) in [5.41, 5.74) is 1.33. The van der Waals surface area contributed by atoms with Gasteiger partial charge in [-0.1, -0.05) is 12.1 Å². The molecule has 2 aromatic rings. The van der Waals surface area contributed by atoms with E-state index in [2.05, 4.69) is 38.0 Å². The lowest BCUT2D eigenvalue weighted by atomic mass is 10.1. The first kappa shape index (κ1) is 26.2. The number of aromatic nitrogens is 3. The van der Waals surface area contributed by atoms with Crippen LogP contribution in [0.4, 0.5) is 0 Å². The highest BCUT2D eigenvalue weighted by molar-refractivity contribution is 14.0. The van der Waals surface area contributed by atoms with Crippen LogP contribution in [-0.4, -0.2) is 54.6 Å². The van der Waals surface area contributed by atoms with E-state index in [4.69, 9.17) is 9.47 Å². The predicted molar refractivity (Wildman–Crippen MR) is 131 cm³/mol. The number of aryl methyl sites for hydroxylation is 2. The Morgan fingerprint density at radius 3 is 2.33 bits per heavy atom. The van der Waals surface area contributed by atoms with Gasteiger partial charge in [0.05, 0.1) is 7.11 Å². The van der Waals surface area contributed by atoms with Gasteiger partial charge in [-0.25, -0.2) is 4.99 Å². The molecule has 0 saturated heterocycles. The van der Waals surface area contributed by atoms with Crippen LogP contribution in [0.3, 0.4) is 0 Å². The molecule has 8 nitrogen and oxygen atoms in total. The molecule has 0 saturated carbocycles. The normalized spacial score (nSPS) is 11.1. The van der Waals surface area contributed by atoms with E-state index >= 15 is 0 Å². The van der Waals surface area contributed by atoms with Crippen molar-refractivity contribution in [3.63, 3.8) is 0 Å². The van der Waals surface area contributed by atoms with Crippen LogP contribution in [0.25, 0.3) is 0 Å². The number of methoxy groups -OCH3 is 2. The molecule has 1 aromatic heterocycles. The summed E-state index contributed by atoms with van der Waals surface area (Å²) in [4.78, 5) is 4.66. The van der Waals surface area contributed by atoms with E-state index in [1.807, 2.05) is 30.7 Å². The maximum absolute atomic E-state index is 5.20. The number of hydrogen-bond acceptors (Lipinski definition) is 5. The van der Waals surface area contributed by atoms with Crippen molar-refractivity contribution in [3.05, 3.63) is 41.5 Å². The molecule has 0 radical (unpaired) electrons. The highest BCUT2D eigenvalue weighted by atomic mass is 127. The number of guanidine groups is 1. The highest BCUT2D eigenvalue weighted by Crippen LogP contribution is 2.13. The number of unbranched alkanes of at least 4 members (excludes halogenated alkanes) is 1. The number of hydrogen-bond donors (Lipinski definition) is 2. The van der Waals surface area contributed by atoms with Crippen LogP contribution >= 0.6 is 24.0 Å². The van der Waals surface area contributed by atoms with Crippen LogP contribution in [0.2, 0.25) is 0 Å². The van der Waals surface area contributed by atoms with Crippen LogP contribution in [-0.2, 0) is 24.8 Å². The summed E-state index contributed by atoms with van der Waals surface area (Å²) >= 11 is 0. The van der Waals surface area contributed by atoms with E-state index in [1.165, 1.54) is 5.56 Å². The van der Waals surface area contributed by atoms with E-state index in [1.54, 1.807) is 14.2 Å². The molecule has 0 bridgehead atoms. The minimum atomic E-state index is 0. The Hall–Kier alpha value is -1.88. The first-order valence-corrected chi connectivity index (χ1v) is 10.1. The second kappa shape index (κ2) is 15.0. The molecule has 0 amide bonds. The molecule has 0 aliphatic heterocycles. The van der Waals surface area contributed by atoms with Gasteiger partial charge in [0.15, 0.2) is 11.8 Å². The fourth-order valence-corrected chi connectivity index (χ4v) is 2.79. The molecule has 168 valence electrons. The van der Waals surface area contributed by atoms with E-state index in [9.17, 15) is 0 Å². The second-order valence-electron chi connectivity index (χ2n) is 6.89. The van der Waals surface area contributed by atoms with Crippen LogP contribution in [0.15, 0.2) is 29.3 Å². The molecular weight excluding hydrogens is 495 g/mol. The first-order chi connectivity index (χ1) is 14.1. The van der Waals surface area contributed by atoms with Crippen LogP contribution < -0.4 is 15.4 Å². The smallest absolute Gasteiger partial charge is 0.191 e. The number of halogens is 1. The van der Waals surface area contributed by atoms with E-state index < -0.39 is 0 Å². The van der Waals surface area contributed by atoms with Gasteiger partial charge >= 0.3 is 0 Å². The van der Waals surface area contributed by atoms with Gasteiger partial charge in [-0.15, -0.1) is 34.2 Å². The van der Waals surface area contributed by atoms with Gasteiger partial charge in [0.1, 0.15) is 18.1 Å². The lowest BCUT2D eigenvalue weighted by Crippen LogP contribution is -2.38. The molecule has 1 aromatic carbocycles. The maximum Gasteiger partial charge on any atom is 0.191 e. The second-order valence-corrected chi connectivity index (χ2v) is 6.89. The van der Waals surface area contributed by atoms with Crippen molar-refractivity contribution in [3.8, 4) is 5.75 Å². The quantitative estimate of drug-likeness (QED) is 0.190. The molecule has 30 heavy (non-hydrogen) atoms. The fourth-order valence-electron chi connectivity index (χ4n) is 2.79. The monoisotopic (exact) mass is 530 g/mol. The average Bonchev–Trinajstić information content (AvgIpc) is 3.06. The number of ether oxygens (including phenoxy) is 2. The Kier molecular flexibility index (Phi) is 13.1. The van der Waals surface area contributed by atoms with Gasteiger partial charge in [0.25, 0.3) is 0 Å². The minimum absolute atomic E-state index is 0. The van der Waals surface area contributed by atoms with Gasteiger partial charge in [-0.3, -0.25) is 0 Å². The SMILES string of the molecule is COCCCNC(=NCc1nnc(C)n1C)NCCCCc1ccc(OC)cc1.I. The van der Waals surface area contributed by atoms with E-state index in [0.29, 0.717) is 6.54 Å². The van der Waals surface area contributed by atoms with Crippen LogP contribution in [0.5, 0.6) is 5.75 Å². The molecule has 0 spiro atoms. The predicted octanol–water partition coefficient (Wildman–Crippen LogP) is 2.84. The molecule has 1 heterocycles. The summed E-state index contributed by atoms with van der Waals surface area (Å²) in [6.45, 7) is 4.83. The Bertz CT molecular complexity index is 748. The molecule has 0 atom stereocenters. The first-order valence-electron chi connectivity index (χ1n) is 10.1. The standard InChI is InChI=1S/C21H34N6O2.HI/c1-17-25-26-20(27(17)2)16-24-21(23-14-7-15-28-3)22-13-6-5-8-18-9-11-19(29-4)12-10-18;/h9-12H,5-8,13-16H2,1-4H3,(H2,22,23,24);1H. The van der Waals surface area contributed by atoms with Crippen LogP contribution in [0.1, 0.15) is 36.5 Å². The third-order valence-corrected chi connectivity index (χ3v) is 4.72. The Balaban J connectivity index is 0.00000450. The minimum Gasteiger partial charge on any atom is -0.497 e. The number of nitrogens with one attached hydrogen (secondary N) is 2. The Morgan fingerprint density at radius 2 is 1.73 bits per heavy atom. The van der Waals surface area contributed by atoms with E-state index in [-0.39, 0.29) is 24.0 Å². The zero-order valence-electron chi connectivity index (χ0n) is 18.5. The van der Waals surface area contributed by atoms with Crippen molar-refractivity contribution in [2.24, 2.45) is 12.0 Å². The van der Waals surface area contributed by atoms with Gasteiger partial charge in [-0.2, -0.15) is 0 Å². The summed E-state index contributed by atoms with van der Waals surface area (Å²) in [6, 6.07) is 8.27. The molecule has 9 heteroatoms. The number of nitrogens with zero attached hydrogens (tertiary/aromatic N) is 4. The van der Waals surface area contributed by atoms with E-state index in [0.717, 1.165) is 68.7 Å². The van der Waals surface area contributed by atoms with Crippen molar-refractivity contribution < 1.29 is 9.47 Å². The van der Waals surface area contributed by atoms with Crippen molar-refractivity contribution in [1.82, 2.24) is 25.4 Å². The summed E-state index contributed by atoms with van der Waals surface area (Å²) in [5.74, 6) is 3.43. The van der Waals surface area contributed by atoms with Gasteiger partial charge < -0.3 is 24.7 Å². The van der Waals surface area contributed by atoms with Crippen molar-refractivity contribution in [2.75, 3.05) is 33.9 Å². The number of benzene rings is 1. The molecular formula is C21H35IN6O2. The molecule has 0 unspecified atom stereocenters. The summed E-state index contributed by atoms with van der Waals surface area (Å²) < 4.78 is 12.3. The summed E-state index contributed by atoms with van der Waals surface area (Å²) in [5, 5.41) is 15.0. The van der Waals surface area contributed by atoms with Crippen molar-refractivity contribution in [1.29, 1.82) is 0 Å². The highest BCUT2D eigenvalue weighted by Gasteiger charge is 2.05. The molecule has 0 fully saturated rings. The number of rotatable bonds is 12. The van der Waals surface area contributed by atoms with Crippen molar-refractivity contribution in [2.45, 2.75) is 39.2 Å². The molecule has 2 rings (SSSR count). The molecule has 0 aliphatic rings. The largest absolute Gasteiger partial charge is 0.497 e. The van der Waals surface area contributed by atoms with Gasteiger partial charge in [0, 0.05) is 33.9 Å². The summed E-state index contributed by atoms with van der Waals surface area (Å²) in [6.07, 6.45) is 4.15. The van der Waals surface area contributed by atoms with Crippen LogP contribution in [0, 0.1) is 6.92 Å². The third-order valence-electron chi connectivity index (χ3n) is 4.72. The Labute approximate surface area is 196 Å². The van der Waals surface area contributed by atoms with Gasteiger partial charge in [0.2, 0.25) is 0 Å². The topological polar surface area (TPSA) is 85.6 Å². The molecule has 0 aliphatic carbocycles. The third kappa shape index (κ3) is 9.29. The average molecular weight is 530 g/mol. The fraction of sp³-hybridized carbons (Fsp3) is 0.571. The lowest BCUT2D eigenvalue weighted by molar-refractivity contribution is 0.195. The number of aliphatic imine (C=N–C) groups is 1. The maximum atomic E-state index is 5.20. The zero-order chi connectivity index (χ0) is 20.9. The van der Waals surface area contributed by atoms with Gasteiger partial charge in [-0.05, 0) is 50.3 Å². The zero-order valence-corrected chi connectivity index (χ0v) is 20.8.